The van der Waals surface area contributed by atoms with E-state index in [4.69, 9.17) is 5.11 Å². The van der Waals surface area contributed by atoms with Crippen LogP contribution >= 0.6 is 0 Å². The largest absolute Gasteiger partial charge is 0.478 e. The number of aromatic nitrogens is 4. The van der Waals surface area contributed by atoms with Crippen molar-refractivity contribution in [3.63, 3.8) is 0 Å². The molecule has 0 aliphatic rings. The molecule has 0 aliphatic heterocycles. The van der Waals surface area contributed by atoms with Crippen molar-refractivity contribution in [2.75, 3.05) is 0 Å². The van der Waals surface area contributed by atoms with Gasteiger partial charge in [0.25, 0.3) is 5.56 Å². The number of carbonyl (C=O) groups is 1. The third kappa shape index (κ3) is 2.64. The minimum Gasteiger partial charge on any atom is -0.478 e. The first kappa shape index (κ1) is 13.7. The monoisotopic (exact) mass is 296 g/mol. The Morgan fingerprint density at radius 1 is 1.27 bits per heavy atom. The molecule has 3 heterocycles. The molecule has 2 N–H and O–H groups in total. The Hall–Kier alpha value is -3.22. The molecular formula is C15H12N4O3. The summed E-state index contributed by atoms with van der Waals surface area (Å²) in [6, 6.07) is 6.59. The average molecular weight is 296 g/mol. The van der Waals surface area contributed by atoms with Crippen LogP contribution in [0.3, 0.4) is 0 Å². The number of carboxylic acid groups (broad SMARTS) is 1. The predicted octanol–water partition coefficient (Wildman–Crippen LogP) is 1.24. The Morgan fingerprint density at radius 2 is 2.14 bits per heavy atom. The molecule has 3 aromatic heterocycles. The highest BCUT2D eigenvalue weighted by Crippen LogP contribution is 2.07. The molecule has 0 saturated heterocycles. The van der Waals surface area contributed by atoms with Crippen molar-refractivity contribution in [1.29, 1.82) is 0 Å². The van der Waals surface area contributed by atoms with Crippen LogP contribution in [0.5, 0.6) is 0 Å². The summed E-state index contributed by atoms with van der Waals surface area (Å²) in [5.41, 5.74) is 1.36. The zero-order chi connectivity index (χ0) is 15.5. The van der Waals surface area contributed by atoms with Crippen molar-refractivity contribution < 1.29 is 9.90 Å². The molecule has 0 radical (unpaired) electrons. The SMILES string of the molecule is O=C(O)c1ccc(-n2[nH]cc(Cc3cccnc3)c2=O)nc1. The molecule has 0 saturated carbocycles. The lowest BCUT2D eigenvalue weighted by atomic mass is 10.1. The fourth-order valence-electron chi connectivity index (χ4n) is 2.07. The molecule has 7 heteroatoms. The quantitative estimate of drug-likeness (QED) is 0.754. The normalized spacial score (nSPS) is 10.5. The van der Waals surface area contributed by atoms with Crippen LogP contribution in [0.4, 0.5) is 0 Å². The van der Waals surface area contributed by atoms with Crippen molar-refractivity contribution in [2.24, 2.45) is 0 Å². The third-order valence-corrected chi connectivity index (χ3v) is 3.19. The molecule has 0 spiro atoms. The van der Waals surface area contributed by atoms with Crippen molar-refractivity contribution in [3.8, 4) is 5.82 Å². The van der Waals surface area contributed by atoms with Gasteiger partial charge in [-0.25, -0.2) is 14.5 Å². The maximum absolute atomic E-state index is 12.3. The van der Waals surface area contributed by atoms with Gasteiger partial charge in [-0.1, -0.05) is 6.07 Å². The number of H-pyrrole nitrogens is 1. The van der Waals surface area contributed by atoms with Gasteiger partial charge in [0.05, 0.1) is 5.56 Å². The van der Waals surface area contributed by atoms with Crippen molar-refractivity contribution in [1.82, 2.24) is 19.7 Å². The molecule has 0 fully saturated rings. The van der Waals surface area contributed by atoms with E-state index < -0.39 is 5.97 Å². The standard InChI is InChI=1S/C15H12N4O3/c20-14-12(6-10-2-1-5-16-7-10)9-18-19(14)13-4-3-11(8-17-13)15(21)22/h1-5,7-9,18H,6H2,(H,21,22). The average Bonchev–Trinajstić information content (AvgIpc) is 2.89. The van der Waals surface area contributed by atoms with Crippen LogP contribution in [0.2, 0.25) is 0 Å². The number of nitrogens with zero attached hydrogens (tertiary/aromatic N) is 3. The number of rotatable bonds is 4. The minimum atomic E-state index is -1.06. The Labute approximate surface area is 124 Å². The number of pyridine rings is 2. The smallest absolute Gasteiger partial charge is 0.337 e. The zero-order valence-corrected chi connectivity index (χ0v) is 11.4. The van der Waals surface area contributed by atoms with Gasteiger partial charge in [0, 0.05) is 36.8 Å². The lowest BCUT2D eigenvalue weighted by Crippen LogP contribution is -2.18. The molecule has 0 aromatic carbocycles. The Bertz CT molecular complexity index is 850. The summed E-state index contributed by atoms with van der Waals surface area (Å²) in [6.07, 6.45) is 6.67. The second kappa shape index (κ2) is 5.65. The van der Waals surface area contributed by atoms with Gasteiger partial charge in [0.1, 0.15) is 0 Å². The van der Waals surface area contributed by atoms with Crippen molar-refractivity contribution in [3.05, 3.63) is 76.1 Å². The first-order valence-corrected chi connectivity index (χ1v) is 6.53. The van der Waals surface area contributed by atoms with Gasteiger partial charge in [0.15, 0.2) is 5.82 Å². The van der Waals surface area contributed by atoms with E-state index in [1.165, 1.54) is 23.0 Å². The molecule has 0 bridgehead atoms. The number of hydrogen-bond acceptors (Lipinski definition) is 4. The Balaban J connectivity index is 1.90. The van der Waals surface area contributed by atoms with Gasteiger partial charge >= 0.3 is 5.97 Å². The van der Waals surface area contributed by atoms with Crippen LogP contribution in [-0.4, -0.2) is 30.8 Å². The van der Waals surface area contributed by atoms with E-state index in [0.717, 1.165) is 5.56 Å². The van der Waals surface area contributed by atoms with Gasteiger partial charge in [-0.15, -0.1) is 0 Å². The van der Waals surface area contributed by atoms with E-state index in [-0.39, 0.29) is 11.1 Å². The fraction of sp³-hybridized carbons (Fsp3) is 0.0667. The molecule has 0 aliphatic carbocycles. The van der Waals surface area contributed by atoms with Crippen LogP contribution in [0.1, 0.15) is 21.5 Å². The van der Waals surface area contributed by atoms with E-state index in [0.29, 0.717) is 17.8 Å². The number of carboxylic acids is 1. The third-order valence-electron chi connectivity index (χ3n) is 3.19. The molecular weight excluding hydrogens is 284 g/mol. The minimum absolute atomic E-state index is 0.0685. The summed E-state index contributed by atoms with van der Waals surface area (Å²) in [4.78, 5) is 31.2. The molecule has 0 atom stereocenters. The second-order valence-electron chi connectivity index (χ2n) is 4.69. The molecule has 3 rings (SSSR count). The molecule has 0 amide bonds. The summed E-state index contributed by atoms with van der Waals surface area (Å²) in [6.45, 7) is 0. The van der Waals surface area contributed by atoms with E-state index in [2.05, 4.69) is 15.1 Å². The van der Waals surface area contributed by atoms with Gasteiger partial charge < -0.3 is 5.11 Å². The Kier molecular flexibility index (Phi) is 3.53. The highest BCUT2D eigenvalue weighted by atomic mass is 16.4. The maximum atomic E-state index is 12.3. The fourth-order valence-corrected chi connectivity index (χ4v) is 2.07. The number of hydrogen-bond donors (Lipinski definition) is 2. The molecule has 7 nitrogen and oxygen atoms in total. The maximum Gasteiger partial charge on any atom is 0.337 e. The van der Waals surface area contributed by atoms with E-state index in [1.807, 2.05) is 12.1 Å². The van der Waals surface area contributed by atoms with Gasteiger partial charge in [0.2, 0.25) is 0 Å². The highest BCUT2D eigenvalue weighted by Gasteiger charge is 2.10. The summed E-state index contributed by atoms with van der Waals surface area (Å²) in [5.74, 6) is -0.720. The molecule has 22 heavy (non-hydrogen) atoms. The lowest BCUT2D eigenvalue weighted by molar-refractivity contribution is 0.0696. The van der Waals surface area contributed by atoms with Crippen LogP contribution in [0.15, 0.2) is 53.8 Å². The van der Waals surface area contributed by atoms with Gasteiger partial charge in [-0.05, 0) is 23.8 Å². The first-order chi connectivity index (χ1) is 10.6. The van der Waals surface area contributed by atoms with Crippen LogP contribution < -0.4 is 5.56 Å². The molecule has 110 valence electrons. The van der Waals surface area contributed by atoms with Crippen molar-refractivity contribution in [2.45, 2.75) is 6.42 Å². The summed E-state index contributed by atoms with van der Waals surface area (Å²) in [7, 11) is 0. The number of nitrogens with one attached hydrogen (secondary N) is 1. The highest BCUT2D eigenvalue weighted by molar-refractivity contribution is 5.87. The van der Waals surface area contributed by atoms with E-state index >= 15 is 0 Å². The van der Waals surface area contributed by atoms with E-state index in [1.54, 1.807) is 18.6 Å². The van der Waals surface area contributed by atoms with Crippen LogP contribution in [0.25, 0.3) is 5.82 Å². The van der Waals surface area contributed by atoms with Crippen molar-refractivity contribution >= 4 is 5.97 Å². The van der Waals surface area contributed by atoms with E-state index in [9.17, 15) is 9.59 Å². The topological polar surface area (TPSA) is 101 Å². The summed E-state index contributed by atoms with van der Waals surface area (Å²) >= 11 is 0. The van der Waals surface area contributed by atoms with Crippen LogP contribution in [-0.2, 0) is 6.42 Å². The zero-order valence-electron chi connectivity index (χ0n) is 11.4. The predicted molar refractivity (Wildman–Crippen MR) is 78.2 cm³/mol. The summed E-state index contributed by atoms with van der Waals surface area (Å²) < 4.78 is 1.28. The first-order valence-electron chi connectivity index (χ1n) is 6.53. The van der Waals surface area contributed by atoms with Gasteiger partial charge in [-0.2, -0.15) is 0 Å². The second-order valence-corrected chi connectivity index (χ2v) is 4.69. The van der Waals surface area contributed by atoms with Gasteiger partial charge in [-0.3, -0.25) is 14.9 Å². The molecule has 3 aromatic rings. The molecule has 0 unspecified atom stereocenters. The number of aromatic carboxylic acids is 1. The summed E-state index contributed by atoms with van der Waals surface area (Å²) in [5, 5.41) is 11.7. The number of aromatic amines is 1. The Morgan fingerprint density at radius 3 is 2.77 bits per heavy atom. The van der Waals surface area contributed by atoms with Crippen LogP contribution in [0, 0.1) is 0 Å². The lowest BCUT2D eigenvalue weighted by Gasteiger charge is -2.00.